The number of aryl methyl sites for hydroxylation is 1. The molecule has 2 amide bonds. The van der Waals surface area contributed by atoms with Crippen molar-refractivity contribution in [2.45, 2.75) is 71.4 Å². The van der Waals surface area contributed by atoms with Gasteiger partial charge in [-0.05, 0) is 68.4 Å². The minimum atomic E-state index is -0.527. The molecule has 1 heterocycles. The van der Waals surface area contributed by atoms with Gasteiger partial charge in [-0.15, -0.1) is 0 Å². The van der Waals surface area contributed by atoms with E-state index in [2.05, 4.69) is 53.5 Å². The predicted octanol–water partition coefficient (Wildman–Crippen LogP) is 4.95. The number of nitrogens with one attached hydrogen (secondary N) is 1. The average molecular weight is 449 g/mol. The molecule has 2 aliphatic rings. The van der Waals surface area contributed by atoms with E-state index in [0.717, 1.165) is 49.8 Å². The molecule has 5 heteroatoms. The Kier molecular flexibility index (Phi) is 7.36. The third-order valence-electron chi connectivity index (χ3n) is 7.02. The molecule has 2 aromatic carbocycles. The summed E-state index contributed by atoms with van der Waals surface area (Å²) >= 11 is 0. The summed E-state index contributed by atoms with van der Waals surface area (Å²) in [4.78, 5) is 28.0. The van der Waals surface area contributed by atoms with Gasteiger partial charge in [0.25, 0.3) is 5.91 Å². The average Bonchev–Trinajstić information content (AvgIpc) is 3.37. The van der Waals surface area contributed by atoms with Crippen LogP contribution in [0.3, 0.4) is 0 Å². The van der Waals surface area contributed by atoms with Gasteiger partial charge < -0.3 is 15.0 Å². The first-order valence-corrected chi connectivity index (χ1v) is 12.5. The molecular weight excluding hydrogens is 412 g/mol. The molecule has 0 spiro atoms. The van der Waals surface area contributed by atoms with Gasteiger partial charge in [-0.1, -0.05) is 55.7 Å². The quantitative estimate of drug-likeness (QED) is 0.652. The lowest BCUT2D eigenvalue weighted by Crippen LogP contribution is -2.43. The van der Waals surface area contributed by atoms with Crippen LogP contribution in [0.1, 0.15) is 74.2 Å². The van der Waals surface area contributed by atoms with Gasteiger partial charge in [0, 0.05) is 19.0 Å². The van der Waals surface area contributed by atoms with E-state index >= 15 is 0 Å². The molecule has 176 valence electrons. The van der Waals surface area contributed by atoms with Crippen LogP contribution < -0.4 is 10.1 Å². The highest BCUT2D eigenvalue weighted by Gasteiger charge is 2.36. The summed E-state index contributed by atoms with van der Waals surface area (Å²) in [5.74, 6) is 1.01. The van der Waals surface area contributed by atoms with Crippen molar-refractivity contribution in [3.8, 4) is 5.75 Å². The third kappa shape index (κ3) is 5.07. The Balaban J connectivity index is 1.69. The molecule has 1 fully saturated rings. The summed E-state index contributed by atoms with van der Waals surface area (Å²) in [7, 11) is 0. The molecule has 1 aliphatic carbocycles. The fourth-order valence-electron chi connectivity index (χ4n) is 5.19. The Labute approximate surface area is 197 Å². The SMILES string of the molecule is CCNC(=O)C(CC)Oc1ccc2c(c1)C(c1ccc(C)cc1)N(C(=O)C1CCCC1)CC2. The minimum absolute atomic E-state index is 0.0918. The fraction of sp³-hybridized carbons (Fsp3) is 0.500. The monoisotopic (exact) mass is 448 g/mol. The molecule has 0 bridgehead atoms. The van der Waals surface area contributed by atoms with Gasteiger partial charge in [0.15, 0.2) is 6.10 Å². The van der Waals surface area contributed by atoms with Gasteiger partial charge in [-0.25, -0.2) is 0 Å². The zero-order valence-corrected chi connectivity index (χ0v) is 20.1. The largest absolute Gasteiger partial charge is 0.481 e. The molecule has 5 nitrogen and oxygen atoms in total. The van der Waals surface area contributed by atoms with E-state index in [1.807, 2.05) is 19.9 Å². The van der Waals surface area contributed by atoms with Crippen molar-refractivity contribution in [3.05, 3.63) is 64.7 Å². The van der Waals surface area contributed by atoms with E-state index in [1.165, 1.54) is 11.1 Å². The number of carbonyl (C=O) groups excluding carboxylic acids is 2. The minimum Gasteiger partial charge on any atom is -0.481 e. The molecule has 0 saturated heterocycles. The molecule has 0 radical (unpaired) electrons. The zero-order valence-electron chi connectivity index (χ0n) is 20.1. The first-order valence-electron chi connectivity index (χ1n) is 12.5. The molecular formula is C28H36N2O3. The number of nitrogens with zero attached hydrogens (tertiary/aromatic N) is 1. The van der Waals surface area contributed by atoms with Crippen LogP contribution in [0, 0.1) is 12.8 Å². The van der Waals surface area contributed by atoms with Gasteiger partial charge in [-0.2, -0.15) is 0 Å². The number of fused-ring (bicyclic) bond motifs is 1. The Morgan fingerprint density at radius 1 is 1.09 bits per heavy atom. The van der Waals surface area contributed by atoms with Crippen LogP contribution in [-0.2, 0) is 16.0 Å². The van der Waals surface area contributed by atoms with E-state index in [1.54, 1.807) is 0 Å². The van der Waals surface area contributed by atoms with Crippen LogP contribution in [0.15, 0.2) is 42.5 Å². The summed E-state index contributed by atoms with van der Waals surface area (Å²) in [6.07, 6.45) is 5.19. The maximum atomic E-state index is 13.6. The van der Waals surface area contributed by atoms with E-state index in [0.29, 0.717) is 18.7 Å². The van der Waals surface area contributed by atoms with Crippen molar-refractivity contribution in [2.75, 3.05) is 13.1 Å². The van der Waals surface area contributed by atoms with Gasteiger partial charge in [0.2, 0.25) is 5.91 Å². The first-order chi connectivity index (χ1) is 16.0. The predicted molar refractivity (Wildman–Crippen MR) is 130 cm³/mol. The molecule has 0 aromatic heterocycles. The van der Waals surface area contributed by atoms with E-state index in [-0.39, 0.29) is 23.8 Å². The Bertz CT molecular complexity index is 979. The zero-order chi connectivity index (χ0) is 23.4. The van der Waals surface area contributed by atoms with Crippen LogP contribution in [0.2, 0.25) is 0 Å². The highest BCUT2D eigenvalue weighted by atomic mass is 16.5. The molecule has 2 unspecified atom stereocenters. The summed E-state index contributed by atoms with van der Waals surface area (Å²) in [6.45, 7) is 7.26. The lowest BCUT2D eigenvalue weighted by molar-refractivity contribution is -0.137. The van der Waals surface area contributed by atoms with Crippen LogP contribution in [0.25, 0.3) is 0 Å². The molecule has 1 aliphatic heterocycles. The molecule has 1 N–H and O–H groups in total. The second-order valence-electron chi connectivity index (χ2n) is 9.35. The number of benzene rings is 2. The van der Waals surface area contributed by atoms with Gasteiger partial charge in [-0.3, -0.25) is 9.59 Å². The lowest BCUT2D eigenvalue weighted by atomic mass is 9.86. The Hall–Kier alpha value is -2.82. The molecule has 2 atom stereocenters. The smallest absolute Gasteiger partial charge is 0.261 e. The second-order valence-corrected chi connectivity index (χ2v) is 9.35. The van der Waals surface area contributed by atoms with Gasteiger partial charge >= 0.3 is 0 Å². The number of hydrogen-bond donors (Lipinski definition) is 1. The Morgan fingerprint density at radius 2 is 1.82 bits per heavy atom. The number of hydrogen-bond acceptors (Lipinski definition) is 3. The van der Waals surface area contributed by atoms with Gasteiger partial charge in [0.05, 0.1) is 6.04 Å². The van der Waals surface area contributed by atoms with Crippen LogP contribution in [0.5, 0.6) is 5.75 Å². The van der Waals surface area contributed by atoms with E-state index in [9.17, 15) is 9.59 Å². The van der Waals surface area contributed by atoms with Crippen LogP contribution >= 0.6 is 0 Å². The molecule has 1 saturated carbocycles. The highest BCUT2D eigenvalue weighted by molar-refractivity contribution is 5.81. The standard InChI is InChI=1S/C28H36N2O3/c1-4-25(27(31)29-5-2)33-23-15-14-20-16-17-30(28(32)22-8-6-7-9-22)26(24(20)18-23)21-12-10-19(3)11-13-21/h10-15,18,22,25-26H,4-9,16-17H2,1-3H3,(H,29,31). The number of carbonyl (C=O) groups is 2. The normalized spacial score (nSPS) is 19.1. The molecule has 33 heavy (non-hydrogen) atoms. The van der Waals surface area contributed by atoms with Crippen LogP contribution in [0.4, 0.5) is 0 Å². The second kappa shape index (κ2) is 10.4. The van der Waals surface area contributed by atoms with Crippen molar-refractivity contribution < 1.29 is 14.3 Å². The Morgan fingerprint density at radius 3 is 2.48 bits per heavy atom. The molecule has 2 aromatic rings. The maximum Gasteiger partial charge on any atom is 0.261 e. The topological polar surface area (TPSA) is 58.6 Å². The maximum absolute atomic E-state index is 13.6. The highest BCUT2D eigenvalue weighted by Crippen LogP contribution is 2.40. The number of ether oxygens (including phenoxy) is 1. The van der Waals surface area contributed by atoms with E-state index < -0.39 is 6.10 Å². The summed E-state index contributed by atoms with van der Waals surface area (Å²) in [5, 5.41) is 2.86. The van der Waals surface area contributed by atoms with Gasteiger partial charge in [0.1, 0.15) is 5.75 Å². The first kappa shape index (κ1) is 23.3. The fourth-order valence-corrected chi connectivity index (χ4v) is 5.19. The number of likely N-dealkylation sites (N-methyl/N-ethyl adjacent to an activating group) is 1. The van der Waals surface area contributed by atoms with Crippen LogP contribution in [-0.4, -0.2) is 35.9 Å². The third-order valence-corrected chi connectivity index (χ3v) is 7.02. The molecule has 4 rings (SSSR count). The van der Waals surface area contributed by atoms with E-state index in [4.69, 9.17) is 4.74 Å². The number of amides is 2. The lowest BCUT2D eigenvalue weighted by Gasteiger charge is -2.39. The number of rotatable bonds is 7. The summed E-state index contributed by atoms with van der Waals surface area (Å²) in [6, 6.07) is 14.5. The summed E-state index contributed by atoms with van der Waals surface area (Å²) < 4.78 is 6.13. The van der Waals surface area contributed by atoms with Crippen molar-refractivity contribution in [1.82, 2.24) is 10.2 Å². The van der Waals surface area contributed by atoms with Crippen molar-refractivity contribution in [2.24, 2.45) is 5.92 Å². The van der Waals surface area contributed by atoms with Crippen molar-refractivity contribution >= 4 is 11.8 Å². The summed E-state index contributed by atoms with van der Waals surface area (Å²) in [5.41, 5.74) is 4.68. The van der Waals surface area contributed by atoms with Crippen molar-refractivity contribution in [1.29, 1.82) is 0 Å². The van der Waals surface area contributed by atoms with Crippen molar-refractivity contribution in [3.63, 3.8) is 0 Å².